The van der Waals surface area contributed by atoms with Gasteiger partial charge in [-0.3, -0.25) is 0 Å². The lowest BCUT2D eigenvalue weighted by Gasteiger charge is -2.29. The third-order valence-corrected chi connectivity index (χ3v) is 16.7. The largest absolute Gasteiger partial charge is 0.310 e. The zero-order valence-electron chi connectivity index (χ0n) is 46.0. The molecule has 2 heteroatoms. The summed E-state index contributed by atoms with van der Waals surface area (Å²) in [5, 5.41) is 4.94. The molecule has 2 aliphatic rings. The van der Waals surface area contributed by atoms with Crippen LogP contribution in [0.3, 0.4) is 0 Å². The van der Waals surface area contributed by atoms with Crippen molar-refractivity contribution in [1.82, 2.24) is 0 Å². The number of rotatable bonds is 10. The summed E-state index contributed by atoms with van der Waals surface area (Å²) in [6.07, 6.45) is 9.00. The van der Waals surface area contributed by atoms with Gasteiger partial charge in [0.15, 0.2) is 0 Å². The lowest BCUT2D eigenvalue weighted by atomic mass is 9.81. The minimum atomic E-state index is -0.185. The molecule has 0 saturated carbocycles. The van der Waals surface area contributed by atoms with Crippen LogP contribution in [0, 0.1) is 27.7 Å². The first-order valence-electron chi connectivity index (χ1n) is 27.5. The van der Waals surface area contributed by atoms with Crippen LogP contribution in [-0.4, -0.2) is 0 Å². The van der Waals surface area contributed by atoms with Gasteiger partial charge in [0.1, 0.15) is 0 Å². The van der Waals surface area contributed by atoms with Crippen molar-refractivity contribution in [2.24, 2.45) is 0 Å². The molecule has 11 aromatic carbocycles. The Kier molecular flexibility index (Phi) is 11.8. The van der Waals surface area contributed by atoms with E-state index in [1.54, 1.807) is 0 Å². The Morgan fingerprint density at radius 1 is 0.282 bits per heavy atom. The van der Waals surface area contributed by atoms with Crippen LogP contribution in [0.2, 0.25) is 0 Å². The van der Waals surface area contributed by atoms with Crippen LogP contribution in [-0.2, 0) is 10.8 Å². The number of nitrogens with zero attached hydrogens (tertiary/aromatic N) is 2. The van der Waals surface area contributed by atoms with E-state index in [-0.39, 0.29) is 10.8 Å². The fourth-order valence-electron chi connectivity index (χ4n) is 12.9. The zero-order valence-corrected chi connectivity index (χ0v) is 46.0. The standard InChI is InChI=1S/C76H64N2/c1-49-39-50(2)42-61(41-49)77(73-21-13-17-57-15-9-11-19-63(57)73)59-33-37-67-65-35-31-55(45-69(65)75(5,6)71(67)47-59)29-27-53-23-25-54(26-24-53)28-30-56-32-36-66-68-38-34-60(48-72(68)76(7,8)70(66)46-56)78(62-43-51(3)40-52(4)44-62)74-22-14-18-58-16-10-12-20-64(58)74/h9-48H,1-8H3/b29-27+,30-28+. The molecule has 378 valence electrons. The van der Waals surface area contributed by atoms with E-state index < -0.39 is 0 Å². The molecule has 0 saturated heterocycles. The Balaban J connectivity index is 0.734. The molecule has 0 atom stereocenters. The van der Waals surface area contributed by atoms with Crippen molar-refractivity contribution in [3.63, 3.8) is 0 Å². The first kappa shape index (κ1) is 48.6. The van der Waals surface area contributed by atoms with Crippen molar-refractivity contribution < 1.29 is 0 Å². The molecule has 2 nitrogen and oxygen atoms in total. The minimum Gasteiger partial charge on any atom is -0.310 e. The van der Waals surface area contributed by atoms with E-state index in [9.17, 15) is 0 Å². The molecule has 0 N–H and O–H groups in total. The molecule has 0 radical (unpaired) electrons. The first-order valence-corrected chi connectivity index (χ1v) is 27.5. The van der Waals surface area contributed by atoms with Gasteiger partial charge in [0.05, 0.1) is 11.4 Å². The Morgan fingerprint density at radius 2 is 0.603 bits per heavy atom. The molecule has 2 aliphatic carbocycles. The van der Waals surface area contributed by atoms with Crippen molar-refractivity contribution in [3.05, 3.63) is 285 Å². The lowest BCUT2D eigenvalue weighted by Crippen LogP contribution is -2.17. The van der Waals surface area contributed by atoms with E-state index in [2.05, 4.69) is 308 Å². The number of aryl methyl sites for hydroxylation is 4. The number of anilines is 6. The number of hydrogen-bond acceptors (Lipinski definition) is 2. The van der Waals surface area contributed by atoms with Crippen LogP contribution in [0.15, 0.2) is 218 Å². The van der Waals surface area contributed by atoms with Gasteiger partial charge >= 0.3 is 0 Å². The predicted octanol–water partition coefficient (Wildman–Crippen LogP) is 21.1. The summed E-state index contributed by atoms with van der Waals surface area (Å²) in [4.78, 5) is 4.90. The third-order valence-electron chi connectivity index (χ3n) is 16.7. The highest BCUT2D eigenvalue weighted by molar-refractivity contribution is 6.01. The maximum atomic E-state index is 2.45. The van der Waals surface area contributed by atoms with Gasteiger partial charge in [0, 0.05) is 44.4 Å². The van der Waals surface area contributed by atoms with E-state index in [4.69, 9.17) is 0 Å². The number of hydrogen-bond donors (Lipinski definition) is 0. The van der Waals surface area contributed by atoms with E-state index in [1.165, 1.54) is 145 Å². The molecule has 0 unspecified atom stereocenters. The van der Waals surface area contributed by atoms with Gasteiger partial charge in [-0.1, -0.05) is 210 Å². The molecule has 0 spiro atoms. The topological polar surface area (TPSA) is 6.48 Å². The molecular weight excluding hydrogens is 941 g/mol. The second-order valence-electron chi connectivity index (χ2n) is 23.0. The highest BCUT2D eigenvalue weighted by Crippen LogP contribution is 2.53. The van der Waals surface area contributed by atoms with Crippen molar-refractivity contribution in [1.29, 1.82) is 0 Å². The van der Waals surface area contributed by atoms with Crippen molar-refractivity contribution >= 4 is 80.0 Å². The van der Waals surface area contributed by atoms with Gasteiger partial charge in [0.25, 0.3) is 0 Å². The highest BCUT2D eigenvalue weighted by atomic mass is 15.1. The second kappa shape index (κ2) is 18.9. The average molecular weight is 1010 g/mol. The summed E-state index contributed by atoms with van der Waals surface area (Å²) < 4.78 is 0. The van der Waals surface area contributed by atoms with Crippen LogP contribution in [0.1, 0.15) is 94.5 Å². The SMILES string of the molecule is Cc1cc(C)cc(N(c2ccc3c(c2)C(C)(C)c2cc(/C=C/c4ccc(/C=C/c5ccc6c(c5)C(C)(C)c5cc(N(c7cc(C)cc(C)c7)c7cccc8ccccc78)ccc5-6)cc4)ccc2-3)c2cccc3ccccc23)c1. The molecule has 0 fully saturated rings. The smallest absolute Gasteiger partial charge is 0.0540 e. The van der Waals surface area contributed by atoms with Crippen LogP contribution in [0.25, 0.3) is 68.1 Å². The fraction of sp³-hybridized carbons (Fsp3) is 0.132. The Hall–Kier alpha value is -8.98. The molecule has 0 aliphatic heterocycles. The molecule has 0 aromatic heterocycles. The predicted molar refractivity (Wildman–Crippen MR) is 336 cm³/mol. The van der Waals surface area contributed by atoms with Gasteiger partial charge in [0.2, 0.25) is 0 Å². The zero-order chi connectivity index (χ0) is 53.5. The molecule has 0 heterocycles. The lowest BCUT2D eigenvalue weighted by molar-refractivity contribution is 0.660. The van der Waals surface area contributed by atoms with Gasteiger partial charge in [-0.2, -0.15) is 0 Å². The maximum Gasteiger partial charge on any atom is 0.0540 e. The van der Waals surface area contributed by atoms with Crippen LogP contribution >= 0.6 is 0 Å². The molecule has 11 aromatic rings. The molecule has 78 heavy (non-hydrogen) atoms. The summed E-state index contributed by atoms with van der Waals surface area (Å²) in [6, 6.07) is 81.6. The number of benzene rings is 11. The van der Waals surface area contributed by atoms with Crippen molar-refractivity contribution in [2.45, 2.75) is 66.2 Å². The van der Waals surface area contributed by atoms with E-state index in [1.807, 2.05) is 0 Å². The average Bonchev–Trinajstić information content (AvgIpc) is 3.86. The third kappa shape index (κ3) is 8.53. The summed E-state index contributed by atoms with van der Waals surface area (Å²) in [7, 11) is 0. The summed E-state index contributed by atoms with van der Waals surface area (Å²) >= 11 is 0. The van der Waals surface area contributed by atoms with Crippen LogP contribution in [0.4, 0.5) is 34.1 Å². The summed E-state index contributed by atoms with van der Waals surface area (Å²) in [5.74, 6) is 0. The molecule has 0 amide bonds. The normalized spacial score (nSPS) is 13.7. The molecule has 0 bridgehead atoms. The van der Waals surface area contributed by atoms with Crippen LogP contribution < -0.4 is 9.80 Å². The summed E-state index contributed by atoms with van der Waals surface area (Å²) in [6.45, 7) is 18.3. The Morgan fingerprint density at radius 3 is 1.00 bits per heavy atom. The van der Waals surface area contributed by atoms with Gasteiger partial charge < -0.3 is 9.80 Å². The van der Waals surface area contributed by atoms with Crippen LogP contribution in [0.5, 0.6) is 0 Å². The Labute approximate surface area is 460 Å². The summed E-state index contributed by atoms with van der Waals surface area (Å²) in [5.41, 5.74) is 27.1. The van der Waals surface area contributed by atoms with Gasteiger partial charge in [-0.15, -0.1) is 0 Å². The fourth-order valence-corrected chi connectivity index (χ4v) is 12.9. The highest BCUT2D eigenvalue weighted by Gasteiger charge is 2.38. The first-order chi connectivity index (χ1) is 37.8. The second-order valence-corrected chi connectivity index (χ2v) is 23.0. The van der Waals surface area contributed by atoms with Crippen molar-refractivity contribution in [3.8, 4) is 22.3 Å². The van der Waals surface area contributed by atoms with Gasteiger partial charge in [-0.25, -0.2) is 0 Å². The van der Waals surface area contributed by atoms with Crippen molar-refractivity contribution in [2.75, 3.05) is 9.80 Å². The molecular formula is C76H64N2. The van der Waals surface area contributed by atoms with E-state index in [0.717, 1.165) is 0 Å². The minimum absolute atomic E-state index is 0.185. The molecule has 13 rings (SSSR count). The monoisotopic (exact) mass is 1000 g/mol. The van der Waals surface area contributed by atoms with E-state index in [0.29, 0.717) is 0 Å². The van der Waals surface area contributed by atoms with Gasteiger partial charge in [-0.05, 0) is 188 Å². The maximum absolute atomic E-state index is 2.45. The van der Waals surface area contributed by atoms with E-state index >= 15 is 0 Å². The Bertz CT molecular complexity index is 3930. The quantitative estimate of drug-likeness (QED) is 0.126. The number of fused-ring (bicyclic) bond motifs is 8.